The van der Waals surface area contributed by atoms with Crippen LogP contribution in [-0.2, 0) is 33.0 Å². The van der Waals surface area contributed by atoms with Gasteiger partial charge in [-0.25, -0.2) is 13.2 Å². The second-order valence-electron chi connectivity index (χ2n) is 6.07. The lowest BCUT2D eigenvalue weighted by molar-refractivity contribution is -0.292. The normalized spacial score (nSPS) is 27.6. The van der Waals surface area contributed by atoms with Crippen molar-refractivity contribution >= 4 is 51.2 Å². The zero-order valence-corrected chi connectivity index (χ0v) is 18.5. The summed E-state index contributed by atoms with van der Waals surface area (Å²) in [4.78, 5) is 12.2. The Labute approximate surface area is 187 Å². The lowest BCUT2D eigenvalue weighted by Gasteiger charge is -2.41. The Kier molecular flexibility index (Phi) is 9.13. The fourth-order valence-electron chi connectivity index (χ4n) is 2.45. The van der Waals surface area contributed by atoms with E-state index in [0.29, 0.717) is 0 Å². The predicted molar refractivity (Wildman–Crippen MR) is 104 cm³/mol. The van der Waals surface area contributed by atoms with Gasteiger partial charge in [-0.1, -0.05) is 53.0 Å². The molecule has 1 aliphatic rings. The molecule has 1 heterocycles. The van der Waals surface area contributed by atoms with Crippen molar-refractivity contribution in [2.45, 2.75) is 34.5 Å². The Morgan fingerprint density at radius 3 is 2.33 bits per heavy atom. The van der Waals surface area contributed by atoms with Crippen molar-refractivity contribution in [2.24, 2.45) is 0 Å². The van der Waals surface area contributed by atoms with E-state index in [2.05, 4.69) is 8.37 Å². The van der Waals surface area contributed by atoms with Gasteiger partial charge in [0, 0.05) is 7.11 Å². The second kappa shape index (κ2) is 10.7. The molecule has 2 N–H and O–H groups in total. The van der Waals surface area contributed by atoms with E-state index in [-0.39, 0.29) is 5.56 Å². The third-order valence-electron chi connectivity index (χ3n) is 3.87. The molecule has 1 aromatic rings. The SMILES string of the molecule is CO[C@H]1O[C@H](COS(=O)(=O)OCC(Cl)(Cl)Cl)[C@@H](O)[C@H](O)[C@H]1OC(=O)c1ccccc1. The van der Waals surface area contributed by atoms with Crippen molar-refractivity contribution in [2.75, 3.05) is 20.3 Å². The van der Waals surface area contributed by atoms with Crippen LogP contribution in [0.4, 0.5) is 0 Å². The van der Waals surface area contributed by atoms with E-state index < -0.39 is 64.1 Å². The Morgan fingerprint density at radius 2 is 1.77 bits per heavy atom. The number of halogens is 3. The van der Waals surface area contributed by atoms with E-state index in [1.165, 1.54) is 19.2 Å². The highest BCUT2D eigenvalue weighted by molar-refractivity contribution is 7.81. The zero-order chi connectivity index (χ0) is 22.5. The molecule has 0 spiro atoms. The molecule has 10 nitrogen and oxygen atoms in total. The van der Waals surface area contributed by atoms with Crippen LogP contribution in [0.3, 0.4) is 0 Å². The molecule has 30 heavy (non-hydrogen) atoms. The summed E-state index contributed by atoms with van der Waals surface area (Å²) in [5.41, 5.74) is 0.205. The Morgan fingerprint density at radius 1 is 1.13 bits per heavy atom. The third-order valence-corrected chi connectivity index (χ3v) is 5.03. The summed E-state index contributed by atoms with van der Waals surface area (Å²) in [5, 5.41) is 20.6. The fraction of sp³-hybridized carbons (Fsp3) is 0.562. The largest absolute Gasteiger partial charge is 0.450 e. The first kappa shape index (κ1) is 25.5. The van der Waals surface area contributed by atoms with Crippen LogP contribution >= 0.6 is 34.8 Å². The Balaban J connectivity index is 2.00. The number of aliphatic hydroxyl groups is 2. The van der Waals surface area contributed by atoms with Crippen LogP contribution in [0.5, 0.6) is 0 Å². The number of rotatable bonds is 8. The first-order valence-electron chi connectivity index (χ1n) is 8.34. The number of alkyl halides is 3. The molecule has 0 radical (unpaired) electrons. The van der Waals surface area contributed by atoms with Gasteiger partial charge in [0.25, 0.3) is 0 Å². The average molecular weight is 510 g/mol. The standard InChI is InChI=1S/C16H19Cl3O10S/c1-25-15-13(29-14(22)9-5-3-2-4-6-9)12(21)11(20)10(28-15)7-26-30(23,24)27-8-16(17,18)19/h2-6,10-13,15,20-21H,7-8H2,1H3/t10-,11-,12+,13-,15+/m1/s1. The molecule has 1 saturated heterocycles. The molecule has 1 aliphatic heterocycles. The predicted octanol–water partition coefficient (Wildman–Crippen LogP) is 0.953. The van der Waals surface area contributed by atoms with E-state index in [4.69, 9.17) is 49.0 Å². The van der Waals surface area contributed by atoms with E-state index >= 15 is 0 Å². The average Bonchev–Trinajstić information content (AvgIpc) is 2.69. The molecule has 1 aromatic carbocycles. The van der Waals surface area contributed by atoms with Crippen LogP contribution < -0.4 is 0 Å². The van der Waals surface area contributed by atoms with Crippen LogP contribution in [0.25, 0.3) is 0 Å². The van der Waals surface area contributed by atoms with Crippen molar-refractivity contribution in [3.05, 3.63) is 35.9 Å². The minimum Gasteiger partial charge on any atom is -0.450 e. The number of hydrogen-bond acceptors (Lipinski definition) is 10. The van der Waals surface area contributed by atoms with Gasteiger partial charge in [0.1, 0.15) is 24.9 Å². The molecular weight excluding hydrogens is 491 g/mol. The number of hydrogen-bond donors (Lipinski definition) is 2. The van der Waals surface area contributed by atoms with E-state index in [9.17, 15) is 23.4 Å². The maximum absolute atomic E-state index is 12.2. The number of aliphatic hydroxyl groups excluding tert-OH is 2. The summed E-state index contributed by atoms with van der Waals surface area (Å²) >= 11 is 16.2. The lowest BCUT2D eigenvalue weighted by atomic mass is 9.99. The van der Waals surface area contributed by atoms with Gasteiger partial charge in [0.15, 0.2) is 12.4 Å². The van der Waals surface area contributed by atoms with Gasteiger partial charge in [-0.15, -0.1) is 0 Å². The Bertz CT molecular complexity index is 799. The molecule has 0 aromatic heterocycles. The van der Waals surface area contributed by atoms with Gasteiger partial charge >= 0.3 is 16.4 Å². The van der Waals surface area contributed by atoms with E-state index in [1.54, 1.807) is 18.2 Å². The van der Waals surface area contributed by atoms with Gasteiger partial charge in [-0.05, 0) is 12.1 Å². The molecule has 2 rings (SSSR count). The molecule has 170 valence electrons. The lowest BCUT2D eigenvalue weighted by Crippen LogP contribution is -2.60. The fourth-order valence-corrected chi connectivity index (χ4v) is 3.50. The van der Waals surface area contributed by atoms with Crippen LogP contribution in [0.1, 0.15) is 10.4 Å². The number of esters is 1. The maximum Gasteiger partial charge on any atom is 0.400 e. The number of methoxy groups -OCH3 is 1. The Hall–Kier alpha value is -0.730. The van der Waals surface area contributed by atoms with Crippen molar-refractivity contribution in [3.8, 4) is 0 Å². The zero-order valence-electron chi connectivity index (χ0n) is 15.4. The van der Waals surface area contributed by atoms with Crippen molar-refractivity contribution in [3.63, 3.8) is 0 Å². The first-order chi connectivity index (χ1) is 13.9. The summed E-state index contributed by atoms with van der Waals surface area (Å²) in [5.74, 6) is -0.783. The van der Waals surface area contributed by atoms with Gasteiger partial charge in [0.05, 0.1) is 12.2 Å². The van der Waals surface area contributed by atoms with Gasteiger partial charge in [0.2, 0.25) is 3.79 Å². The molecule has 0 amide bonds. The smallest absolute Gasteiger partial charge is 0.400 e. The summed E-state index contributed by atoms with van der Waals surface area (Å²) in [6.07, 6.45) is -7.45. The van der Waals surface area contributed by atoms with Crippen molar-refractivity contribution in [1.29, 1.82) is 0 Å². The van der Waals surface area contributed by atoms with Crippen molar-refractivity contribution < 1.29 is 46.0 Å². The molecule has 14 heteroatoms. The third kappa shape index (κ3) is 7.45. The van der Waals surface area contributed by atoms with E-state index in [0.717, 1.165) is 0 Å². The van der Waals surface area contributed by atoms with E-state index in [1.807, 2.05) is 0 Å². The molecule has 0 unspecified atom stereocenters. The highest BCUT2D eigenvalue weighted by Gasteiger charge is 2.47. The topological polar surface area (TPSA) is 138 Å². The molecule has 0 bridgehead atoms. The minimum absolute atomic E-state index is 0.205. The van der Waals surface area contributed by atoms with Crippen LogP contribution in [0.2, 0.25) is 0 Å². The molecule has 0 saturated carbocycles. The minimum atomic E-state index is -4.60. The monoisotopic (exact) mass is 508 g/mol. The summed E-state index contributed by atoms with van der Waals surface area (Å²) < 4.78 is 46.0. The summed E-state index contributed by atoms with van der Waals surface area (Å²) in [6, 6.07) is 7.93. The number of carbonyl (C=O) groups excluding carboxylic acids is 1. The number of ether oxygens (including phenoxy) is 3. The van der Waals surface area contributed by atoms with Gasteiger partial charge in [-0.2, -0.15) is 8.42 Å². The number of benzene rings is 1. The molecule has 0 aliphatic carbocycles. The highest BCUT2D eigenvalue weighted by Crippen LogP contribution is 2.28. The maximum atomic E-state index is 12.2. The van der Waals surface area contributed by atoms with Gasteiger partial charge in [-0.3, -0.25) is 0 Å². The van der Waals surface area contributed by atoms with Crippen LogP contribution in [0.15, 0.2) is 30.3 Å². The highest BCUT2D eigenvalue weighted by atomic mass is 35.6. The van der Waals surface area contributed by atoms with Crippen molar-refractivity contribution in [1.82, 2.24) is 0 Å². The van der Waals surface area contributed by atoms with Gasteiger partial charge < -0.3 is 24.4 Å². The van der Waals surface area contributed by atoms with Crippen LogP contribution in [0, 0.1) is 0 Å². The second-order valence-corrected chi connectivity index (χ2v) is 9.87. The summed E-state index contributed by atoms with van der Waals surface area (Å²) in [7, 11) is -3.39. The number of carbonyl (C=O) groups is 1. The van der Waals surface area contributed by atoms with Crippen LogP contribution in [-0.4, -0.2) is 79.4 Å². The molecular formula is C16H19Cl3O10S. The summed E-state index contributed by atoms with van der Waals surface area (Å²) in [6.45, 7) is -1.57. The molecule has 5 atom stereocenters. The first-order valence-corrected chi connectivity index (χ1v) is 10.8. The molecule has 1 fully saturated rings. The quantitative estimate of drug-likeness (QED) is 0.385.